The fourth-order valence-electron chi connectivity index (χ4n) is 2.33. The highest BCUT2D eigenvalue weighted by atomic mass is 16.5. The molecule has 2 rings (SSSR count). The van der Waals surface area contributed by atoms with Crippen LogP contribution in [0.2, 0.25) is 0 Å². The lowest BCUT2D eigenvalue weighted by atomic mass is 10.1. The molecule has 0 saturated carbocycles. The quantitative estimate of drug-likeness (QED) is 0.896. The second-order valence-corrected chi connectivity index (χ2v) is 5.11. The molecule has 6 nitrogen and oxygen atoms in total. The lowest BCUT2D eigenvalue weighted by Crippen LogP contribution is -2.47. The Labute approximate surface area is 123 Å². The molecule has 1 aromatic carbocycles. The second kappa shape index (κ2) is 6.58. The van der Waals surface area contributed by atoms with Gasteiger partial charge in [0.15, 0.2) is 0 Å². The number of urea groups is 1. The predicted molar refractivity (Wildman–Crippen MR) is 78.8 cm³/mol. The first-order chi connectivity index (χ1) is 10.0. The summed E-state index contributed by atoms with van der Waals surface area (Å²) in [4.78, 5) is 24.9. The Morgan fingerprint density at radius 1 is 1.48 bits per heavy atom. The summed E-state index contributed by atoms with van der Waals surface area (Å²) < 4.78 is 5.53. The van der Waals surface area contributed by atoms with Gasteiger partial charge in [0.2, 0.25) is 0 Å². The Morgan fingerprint density at radius 3 is 2.86 bits per heavy atom. The van der Waals surface area contributed by atoms with Gasteiger partial charge in [0.05, 0.1) is 18.3 Å². The first kappa shape index (κ1) is 15.3. The Bertz CT molecular complexity index is 544. The van der Waals surface area contributed by atoms with E-state index < -0.39 is 5.97 Å². The van der Waals surface area contributed by atoms with Crippen LogP contribution in [-0.4, -0.2) is 47.8 Å². The van der Waals surface area contributed by atoms with E-state index in [1.807, 2.05) is 6.92 Å². The number of carbonyl (C=O) groups is 2. The maximum atomic E-state index is 12.2. The van der Waals surface area contributed by atoms with Crippen molar-refractivity contribution in [3.05, 3.63) is 29.3 Å². The summed E-state index contributed by atoms with van der Waals surface area (Å²) in [6.07, 6.45) is 0.955. The van der Waals surface area contributed by atoms with Gasteiger partial charge in [-0.3, -0.25) is 0 Å². The van der Waals surface area contributed by atoms with Crippen molar-refractivity contribution in [3.63, 3.8) is 0 Å². The van der Waals surface area contributed by atoms with Crippen LogP contribution in [0.15, 0.2) is 18.2 Å². The van der Waals surface area contributed by atoms with Gasteiger partial charge in [0, 0.05) is 18.8 Å². The number of anilines is 1. The highest BCUT2D eigenvalue weighted by Gasteiger charge is 2.23. The number of nitrogens with zero attached hydrogens (tertiary/aromatic N) is 1. The number of hydrogen-bond acceptors (Lipinski definition) is 3. The lowest BCUT2D eigenvalue weighted by molar-refractivity contribution is -0.0134. The molecular formula is C15H20N2O4. The highest BCUT2D eigenvalue weighted by molar-refractivity contribution is 5.92. The molecule has 0 radical (unpaired) electrons. The van der Waals surface area contributed by atoms with Crippen molar-refractivity contribution < 1.29 is 19.4 Å². The topological polar surface area (TPSA) is 78.9 Å². The van der Waals surface area contributed by atoms with Crippen LogP contribution >= 0.6 is 0 Å². The molecule has 1 unspecified atom stereocenters. The molecular weight excluding hydrogens is 272 g/mol. The molecule has 2 amide bonds. The van der Waals surface area contributed by atoms with E-state index in [-0.39, 0.29) is 17.7 Å². The van der Waals surface area contributed by atoms with E-state index >= 15 is 0 Å². The number of aromatic carboxylic acids is 1. The molecule has 1 saturated heterocycles. The summed E-state index contributed by atoms with van der Waals surface area (Å²) in [5.41, 5.74) is 1.46. The normalized spacial score (nSPS) is 18.4. The summed E-state index contributed by atoms with van der Waals surface area (Å²) in [6.45, 7) is 5.42. The van der Waals surface area contributed by atoms with Crippen LogP contribution in [0.5, 0.6) is 0 Å². The van der Waals surface area contributed by atoms with Crippen molar-refractivity contribution in [2.75, 3.05) is 25.0 Å². The van der Waals surface area contributed by atoms with Gasteiger partial charge < -0.3 is 20.1 Å². The monoisotopic (exact) mass is 292 g/mol. The number of amides is 2. The zero-order valence-electron chi connectivity index (χ0n) is 12.3. The van der Waals surface area contributed by atoms with E-state index in [4.69, 9.17) is 9.84 Å². The van der Waals surface area contributed by atoms with Crippen LogP contribution in [0.3, 0.4) is 0 Å². The minimum absolute atomic E-state index is 0.0839. The first-order valence-electron chi connectivity index (χ1n) is 7.02. The van der Waals surface area contributed by atoms with Crippen molar-refractivity contribution >= 4 is 17.7 Å². The Morgan fingerprint density at radius 2 is 2.24 bits per heavy atom. The number of carboxylic acid groups (broad SMARTS) is 1. The molecule has 1 aliphatic rings. The van der Waals surface area contributed by atoms with E-state index in [0.717, 1.165) is 6.42 Å². The molecule has 0 spiro atoms. The van der Waals surface area contributed by atoms with E-state index in [1.54, 1.807) is 24.0 Å². The molecule has 0 bridgehead atoms. The second-order valence-electron chi connectivity index (χ2n) is 5.11. The standard InChI is InChI=1S/C15H20N2O4/c1-3-12-9-17(6-7-21-12)15(20)16-11-4-5-13(14(18)19)10(2)8-11/h4-5,8,12H,3,6-7,9H2,1-2H3,(H,16,20)(H,18,19). The fraction of sp³-hybridized carbons (Fsp3) is 0.467. The Hall–Kier alpha value is -2.08. The van der Waals surface area contributed by atoms with Crippen molar-refractivity contribution in [1.82, 2.24) is 4.90 Å². The van der Waals surface area contributed by atoms with Gasteiger partial charge in [-0.15, -0.1) is 0 Å². The zero-order chi connectivity index (χ0) is 15.4. The number of carbonyl (C=O) groups excluding carboxylic acids is 1. The van der Waals surface area contributed by atoms with Crippen LogP contribution in [0.25, 0.3) is 0 Å². The van der Waals surface area contributed by atoms with Gasteiger partial charge in [-0.1, -0.05) is 6.92 Å². The van der Waals surface area contributed by atoms with Crippen molar-refractivity contribution in [3.8, 4) is 0 Å². The molecule has 1 aromatic rings. The third kappa shape index (κ3) is 3.72. The fourth-order valence-corrected chi connectivity index (χ4v) is 2.33. The highest BCUT2D eigenvalue weighted by Crippen LogP contribution is 2.17. The van der Waals surface area contributed by atoms with Crippen LogP contribution < -0.4 is 5.32 Å². The SMILES string of the molecule is CCC1CN(C(=O)Nc2ccc(C(=O)O)c(C)c2)CCO1. The van der Waals surface area contributed by atoms with Crippen LogP contribution in [-0.2, 0) is 4.74 Å². The van der Waals surface area contributed by atoms with Crippen LogP contribution in [0.1, 0.15) is 29.3 Å². The summed E-state index contributed by atoms with van der Waals surface area (Å²) in [6, 6.07) is 4.59. The molecule has 114 valence electrons. The number of aryl methyl sites for hydroxylation is 1. The Kier molecular flexibility index (Phi) is 4.80. The van der Waals surface area contributed by atoms with E-state index in [0.29, 0.717) is 30.9 Å². The summed E-state index contributed by atoms with van der Waals surface area (Å²) >= 11 is 0. The molecule has 21 heavy (non-hydrogen) atoms. The number of benzene rings is 1. The predicted octanol–water partition coefficient (Wildman–Crippen LogP) is 2.34. The number of ether oxygens (including phenoxy) is 1. The zero-order valence-corrected chi connectivity index (χ0v) is 12.3. The van der Waals surface area contributed by atoms with Gasteiger partial charge in [0.1, 0.15) is 0 Å². The van der Waals surface area contributed by atoms with Gasteiger partial charge in [-0.05, 0) is 37.1 Å². The minimum Gasteiger partial charge on any atom is -0.478 e. The molecule has 2 N–H and O–H groups in total. The van der Waals surface area contributed by atoms with E-state index in [1.165, 1.54) is 6.07 Å². The third-order valence-electron chi connectivity index (χ3n) is 3.59. The average molecular weight is 292 g/mol. The largest absolute Gasteiger partial charge is 0.478 e. The molecule has 0 aromatic heterocycles. The maximum Gasteiger partial charge on any atom is 0.335 e. The smallest absolute Gasteiger partial charge is 0.335 e. The number of hydrogen-bond donors (Lipinski definition) is 2. The summed E-state index contributed by atoms with van der Waals surface area (Å²) in [7, 11) is 0. The lowest BCUT2D eigenvalue weighted by Gasteiger charge is -2.32. The molecule has 1 fully saturated rings. The van der Waals surface area contributed by atoms with Crippen molar-refractivity contribution in [2.24, 2.45) is 0 Å². The van der Waals surface area contributed by atoms with E-state index in [2.05, 4.69) is 5.32 Å². The maximum absolute atomic E-state index is 12.2. The van der Waals surface area contributed by atoms with Gasteiger partial charge in [-0.25, -0.2) is 9.59 Å². The molecule has 0 aliphatic carbocycles. The summed E-state index contributed by atoms with van der Waals surface area (Å²) in [5.74, 6) is -0.968. The minimum atomic E-state index is -0.968. The molecule has 1 atom stereocenters. The molecule has 6 heteroatoms. The average Bonchev–Trinajstić information content (AvgIpc) is 2.47. The van der Waals surface area contributed by atoms with Gasteiger partial charge >= 0.3 is 12.0 Å². The Balaban J connectivity index is 2.02. The molecule has 1 aliphatic heterocycles. The molecule has 1 heterocycles. The van der Waals surface area contributed by atoms with Crippen LogP contribution in [0.4, 0.5) is 10.5 Å². The first-order valence-corrected chi connectivity index (χ1v) is 7.02. The number of morpholine rings is 1. The van der Waals surface area contributed by atoms with Gasteiger partial charge in [-0.2, -0.15) is 0 Å². The van der Waals surface area contributed by atoms with Crippen molar-refractivity contribution in [1.29, 1.82) is 0 Å². The number of carboxylic acids is 1. The van der Waals surface area contributed by atoms with Crippen molar-refractivity contribution in [2.45, 2.75) is 26.4 Å². The number of nitrogens with one attached hydrogen (secondary N) is 1. The third-order valence-corrected chi connectivity index (χ3v) is 3.59. The van der Waals surface area contributed by atoms with E-state index in [9.17, 15) is 9.59 Å². The summed E-state index contributed by atoms with van der Waals surface area (Å²) in [5, 5.41) is 11.8. The number of rotatable bonds is 3. The van der Waals surface area contributed by atoms with Crippen LogP contribution in [0, 0.1) is 6.92 Å². The van der Waals surface area contributed by atoms with Gasteiger partial charge in [0.25, 0.3) is 0 Å².